The molecule has 2 nitrogen and oxygen atoms in total. The molecule has 104 valence electrons. The van der Waals surface area contributed by atoms with Crippen molar-refractivity contribution in [2.75, 3.05) is 7.11 Å². The van der Waals surface area contributed by atoms with Crippen molar-refractivity contribution < 1.29 is 13.9 Å². The Bertz CT molecular complexity index is 620. The molecule has 0 spiro atoms. The van der Waals surface area contributed by atoms with Crippen LogP contribution in [0, 0.1) is 5.82 Å². The smallest absolute Gasteiger partial charge is 0.195 e. The van der Waals surface area contributed by atoms with Crippen molar-refractivity contribution in [2.24, 2.45) is 0 Å². The molecule has 0 aliphatic rings. The second-order valence-electron chi connectivity index (χ2n) is 4.63. The number of ketones is 1. The van der Waals surface area contributed by atoms with Gasteiger partial charge in [0.05, 0.1) is 12.7 Å². The molecular formula is C17H17FO2. The monoisotopic (exact) mass is 272 g/mol. The minimum Gasteiger partial charge on any atom is -0.497 e. The second kappa shape index (κ2) is 6.33. The summed E-state index contributed by atoms with van der Waals surface area (Å²) in [7, 11) is 1.46. The van der Waals surface area contributed by atoms with Crippen molar-refractivity contribution in [2.45, 2.75) is 19.8 Å². The molecule has 20 heavy (non-hydrogen) atoms. The standard InChI is InChI=1S/C17H17FO2/c1-3-5-12-6-4-7-13(10-12)17(19)15-9-8-14(20-2)11-16(15)18/h4,6-11H,3,5H2,1-2H3. The van der Waals surface area contributed by atoms with Gasteiger partial charge in [0, 0.05) is 11.6 Å². The minimum absolute atomic E-state index is 0.0689. The van der Waals surface area contributed by atoms with Crippen LogP contribution in [0.15, 0.2) is 42.5 Å². The Balaban J connectivity index is 2.33. The lowest BCUT2D eigenvalue weighted by atomic mass is 9.99. The first-order chi connectivity index (χ1) is 9.65. The number of methoxy groups -OCH3 is 1. The Hall–Kier alpha value is -2.16. The molecule has 0 amide bonds. The fraction of sp³-hybridized carbons (Fsp3) is 0.235. The normalized spacial score (nSPS) is 10.3. The van der Waals surface area contributed by atoms with Gasteiger partial charge in [-0.3, -0.25) is 4.79 Å². The van der Waals surface area contributed by atoms with E-state index in [0.29, 0.717) is 11.3 Å². The maximum absolute atomic E-state index is 13.9. The van der Waals surface area contributed by atoms with Crippen LogP contribution in [0.2, 0.25) is 0 Å². The van der Waals surface area contributed by atoms with E-state index in [1.54, 1.807) is 12.1 Å². The van der Waals surface area contributed by atoms with Crippen molar-refractivity contribution >= 4 is 5.78 Å². The fourth-order valence-electron chi connectivity index (χ4n) is 2.12. The number of carbonyl (C=O) groups excluding carboxylic acids is 1. The highest BCUT2D eigenvalue weighted by atomic mass is 19.1. The van der Waals surface area contributed by atoms with Gasteiger partial charge in [-0.15, -0.1) is 0 Å². The summed E-state index contributed by atoms with van der Waals surface area (Å²) in [5.74, 6) is -0.461. The van der Waals surface area contributed by atoms with Crippen LogP contribution < -0.4 is 4.74 Å². The molecule has 3 heteroatoms. The number of ether oxygens (including phenoxy) is 1. The Morgan fingerprint density at radius 3 is 2.65 bits per heavy atom. The Kier molecular flexibility index (Phi) is 4.51. The zero-order valence-corrected chi connectivity index (χ0v) is 11.7. The summed E-state index contributed by atoms with van der Waals surface area (Å²) in [4.78, 5) is 12.3. The molecule has 2 aromatic carbocycles. The van der Waals surface area contributed by atoms with Crippen molar-refractivity contribution in [3.63, 3.8) is 0 Å². The molecule has 0 saturated heterocycles. The molecule has 2 rings (SSSR count). The lowest BCUT2D eigenvalue weighted by Crippen LogP contribution is -2.05. The molecule has 0 atom stereocenters. The zero-order valence-electron chi connectivity index (χ0n) is 11.7. The van der Waals surface area contributed by atoms with Crippen molar-refractivity contribution in [3.8, 4) is 5.75 Å². The molecule has 2 aromatic rings. The lowest BCUT2D eigenvalue weighted by Gasteiger charge is -2.06. The summed E-state index contributed by atoms with van der Waals surface area (Å²) in [6.07, 6.45) is 1.92. The average molecular weight is 272 g/mol. The number of aryl methyl sites for hydroxylation is 1. The predicted octanol–water partition coefficient (Wildman–Crippen LogP) is 4.02. The van der Waals surface area contributed by atoms with Gasteiger partial charge < -0.3 is 4.74 Å². The third kappa shape index (κ3) is 3.05. The van der Waals surface area contributed by atoms with E-state index >= 15 is 0 Å². The van der Waals surface area contributed by atoms with E-state index < -0.39 is 5.82 Å². The van der Waals surface area contributed by atoms with Crippen molar-refractivity contribution in [1.82, 2.24) is 0 Å². The van der Waals surface area contributed by atoms with Crippen molar-refractivity contribution in [1.29, 1.82) is 0 Å². The van der Waals surface area contributed by atoms with Gasteiger partial charge in [-0.25, -0.2) is 4.39 Å². The van der Waals surface area contributed by atoms with E-state index in [0.717, 1.165) is 18.4 Å². The predicted molar refractivity (Wildman–Crippen MR) is 76.8 cm³/mol. The van der Waals surface area contributed by atoms with Crippen LogP contribution in [0.25, 0.3) is 0 Å². The first-order valence-corrected chi connectivity index (χ1v) is 6.63. The molecule has 0 aliphatic carbocycles. The Labute approximate surface area is 118 Å². The molecule has 0 radical (unpaired) electrons. The second-order valence-corrected chi connectivity index (χ2v) is 4.63. The van der Waals surface area contributed by atoms with E-state index in [4.69, 9.17) is 4.74 Å². The fourth-order valence-corrected chi connectivity index (χ4v) is 2.12. The Morgan fingerprint density at radius 2 is 2.00 bits per heavy atom. The third-order valence-electron chi connectivity index (χ3n) is 3.15. The summed E-state index contributed by atoms with van der Waals surface area (Å²) in [6.45, 7) is 2.08. The molecule has 0 aliphatic heterocycles. The molecular weight excluding hydrogens is 255 g/mol. The van der Waals surface area contributed by atoms with Gasteiger partial charge in [0.15, 0.2) is 5.78 Å². The number of hydrogen-bond acceptors (Lipinski definition) is 2. The molecule has 0 bridgehead atoms. The van der Waals surface area contributed by atoms with Gasteiger partial charge in [-0.05, 0) is 30.2 Å². The topological polar surface area (TPSA) is 26.3 Å². The highest BCUT2D eigenvalue weighted by Gasteiger charge is 2.15. The molecule has 0 fully saturated rings. The quantitative estimate of drug-likeness (QED) is 0.768. The SMILES string of the molecule is CCCc1cccc(C(=O)c2ccc(OC)cc2F)c1. The number of carbonyl (C=O) groups is 1. The number of halogens is 1. The van der Waals surface area contributed by atoms with Crippen LogP contribution in [0.4, 0.5) is 4.39 Å². The number of rotatable bonds is 5. The maximum Gasteiger partial charge on any atom is 0.195 e. The maximum atomic E-state index is 13.9. The van der Waals surface area contributed by atoms with Crippen molar-refractivity contribution in [3.05, 3.63) is 65.0 Å². The summed E-state index contributed by atoms with van der Waals surface area (Å²) in [5, 5.41) is 0. The summed E-state index contributed by atoms with van der Waals surface area (Å²) in [5.41, 5.74) is 1.67. The van der Waals surface area contributed by atoms with Crippen LogP contribution in [-0.2, 0) is 6.42 Å². The summed E-state index contributed by atoms with van der Waals surface area (Å²) in [6, 6.07) is 11.6. The van der Waals surface area contributed by atoms with E-state index in [1.165, 1.54) is 19.2 Å². The third-order valence-corrected chi connectivity index (χ3v) is 3.15. The minimum atomic E-state index is -0.560. The molecule has 0 unspecified atom stereocenters. The van der Waals surface area contributed by atoms with Crippen LogP contribution >= 0.6 is 0 Å². The number of hydrogen-bond donors (Lipinski definition) is 0. The highest BCUT2D eigenvalue weighted by molar-refractivity contribution is 6.09. The summed E-state index contributed by atoms with van der Waals surface area (Å²) < 4.78 is 18.9. The van der Waals surface area contributed by atoms with E-state index in [1.807, 2.05) is 18.2 Å². The molecule has 0 aromatic heterocycles. The van der Waals surface area contributed by atoms with E-state index in [2.05, 4.69) is 6.92 Å². The van der Waals surface area contributed by atoms with Gasteiger partial charge >= 0.3 is 0 Å². The first kappa shape index (κ1) is 14.3. The van der Waals surface area contributed by atoms with Crippen LogP contribution in [0.1, 0.15) is 34.8 Å². The van der Waals surface area contributed by atoms with E-state index in [9.17, 15) is 9.18 Å². The van der Waals surface area contributed by atoms with Gasteiger partial charge in [0.1, 0.15) is 11.6 Å². The molecule has 0 heterocycles. The Morgan fingerprint density at radius 1 is 1.20 bits per heavy atom. The first-order valence-electron chi connectivity index (χ1n) is 6.63. The zero-order chi connectivity index (χ0) is 14.5. The van der Waals surface area contributed by atoms with E-state index in [-0.39, 0.29) is 11.3 Å². The van der Waals surface area contributed by atoms with Gasteiger partial charge in [0.25, 0.3) is 0 Å². The largest absolute Gasteiger partial charge is 0.497 e. The van der Waals surface area contributed by atoms with Crippen LogP contribution in [0.5, 0.6) is 5.75 Å². The van der Waals surface area contributed by atoms with Gasteiger partial charge in [-0.2, -0.15) is 0 Å². The number of benzene rings is 2. The van der Waals surface area contributed by atoms with Gasteiger partial charge in [-0.1, -0.05) is 31.5 Å². The lowest BCUT2D eigenvalue weighted by molar-refractivity contribution is 0.103. The molecule has 0 saturated carbocycles. The average Bonchev–Trinajstić information content (AvgIpc) is 2.47. The van der Waals surface area contributed by atoms with Crippen LogP contribution in [0.3, 0.4) is 0 Å². The van der Waals surface area contributed by atoms with Crippen LogP contribution in [-0.4, -0.2) is 12.9 Å². The van der Waals surface area contributed by atoms with Gasteiger partial charge in [0.2, 0.25) is 0 Å². The highest BCUT2D eigenvalue weighted by Crippen LogP contribution is 2.20. The molecule has 0 N–H and O–H groups in total. The summed E-state index contributed by atoms with van der Waals surface area (Å²) >= 11 is 0.